The summed E-state index contributed by atoms with van der Waals surface area (Å²) in [7, 11) is 0. The molecule has 0 heterocycles. The fourth-order valence-electron chi connectivity index (χ4n) is 2.33. The third-order valence-electron chi connectivity index (χ3n) is 4.09. The first kappa shape index (κ1) is 26.5. The van der Waals surface area contributed by atoms with Gasteiger partial charge in [-0.1, -0.05) is 13.8 Å². The van der Waals surface area contributed by atoms with Crippen molar-refractivity contribution in [3.63, 3.8) is 0 Å². The molecule has 0 spiro atoms. The van der Waals surface area contributed by atoms with E-state index >= 15 is 0 Å². The number of nitrogens with zero attached hydrogens (tertiary/aromatic N) is 1. The maximum atomic E-state index is 11.8. The number of aliphatic hydroxyl groups is 1. The lowest BCUT2D eigenvalue weighted by molar-refractivity contribution is -0.175. The molecule has 0 rings (SSSR count). The summed E-state index contributed by atoms with van der Waals surface area (Å²) in [5.74, 6) is -6.15. The summed E-state index contributed by atoms with van der Waals surface area (Å²) in [6.45, 7) is 5.76. The molecule has 0 aliphatic heterocycles. The normalized spacial score (nSPS) is 12.8. The molecule has 166 valence electrons. The van der Waals surface area contributed by atoms with Crippen LogP contribution in [0.25, 0.3) is 0 Å². The zero-order valence-electron chi connectivity index (χ0n) is 16.7. The summed E-state index contributed by atoms with van der Waals surface area (Å²) < 4.78 is 9.32. The highest BCUT2D eigenvalue weighted by Gasteiger charge is 2.42. The highest BCUT2D eigenvalue weighted by molar-refractivity contribution is 5.92. The number of ether oxygens (including phenoxy) is 2. The summed E-state index contributed by atoms with van der Waals surface area (Å²) in [4.78, 5) is 58.8. The number of carbonyl (C=O) groups is 5. The number of carbonyl (C=O) groups excluding carboxylic acids is 3. The van der Waals surface area contributed by atoms with Gasteiger partial charge in [0.25, 0.3) is 0 Å². The highest BCUT2D eigenvalue weighted by Crippen LogP contribution is 2.18. The second-order valence-electron chi connectivity index (χ2n) is 6.38. The Balaban J connectivity index is 4.52. The highest BCUT2D eigenvalue weighted by atomic mass is 16.6. The van der Waals surface area contributed by atoms with E-state index in [1.165, 1.54) is 0 Å². The van der Waals surface area contributed by atoms with E-state index < -0.39 is 48.3 Å². The van der Waals surface area contributed by atoms with Crippen LogP contribution < -0.4 is 0 Å². The van der Waals surface area contributed by atoms with Gasteiger partial charge in [-0.15, -0.1) is 0 Å². The van der Waals surface area contributed by atoms with Crippen molar-refractivity contribution in [3.05, 3.63) is 0 Å². The summed E-state index contributed by atoms with van der Waals surface area (Å²) in [5.41, 5.74) is -2.77. The quantitative estimate of drug-likeness (QED) is 0.188. The van der Waals surface area contributed by atoms with Crippen molar-refractivity contribution in [2.24, 2.45) is 0 Å². The molecule has 0 bridgehead atoms. The Morgan fingerprint density at radius 1 is 0.862 bits per heavy atom. The third-order valence-corrected chi connectivity index (χ3v) is 4.09. The van der Waals surface area contributed by atoms with E-state index in [1.54, 1.807) is 0 Å². The molecule has 0 aliphatic carbocycles. The fourth-order valence-corrected chi connectivity index (χ4v) is 2.33. The predicted octanol–water partition coefficient (Wildman–Crippen LogP) is 0.182. The first-order valence-corrected chi connectivity index (χ1v) is 9.33. The van der Waals surface area contributed by atoms with Gasteiger partial charge < -0.3 is 29.7 Å². The van der Waals surface area contributed by atoms with Crippen LogP contribution in [0, 0.1) is 0 Å². The Morgan fingerprint density at radius 3 is 1.93 bits per heavy atom. The molecule has 0 saturated carbocycles. The first-order valence-electron chi connectivity index (χ1n) is 9.33. The van der Waals surface area contributed by atoms with Crippen LogP contribution in [0.4, 0.5) is 0 Å². The first-order chi connectivity index (χ1) is 13.5. The predicted molar refractivity (Wildman–Crippen MR) is 97.8 cm³/mol. The van der Waals surface area contributed by atoms with Crippen LogP contribution in [0.1, 0.15) is 52.4 Å². The molecule has 0 fully saturated rings. The monoisotopic (exact) mass is 419 g/mol. The number of esters is 3. The fraction of sp³-hybridized carbons (Fsp3) is 0.722. The Hall–Kier alpha value is -2.53. The number of carboxylic acids is 2. The van der Waals surface area contributed by atoms with E-state index in [2.05, 4.69) is 4.74 Å². The van der Waals surface area contributed by atoms with E-state index in [1.807, 2.05) is 18.7 Å². The Kier molecular flexibility index (Phi) is 12.4. The van der Waals surface area contributed by atoms with E-state index in [4.69, 9.17) is 14.9 Å². The molecule has 11 heteroatoms. The molecule has 0 aromatic heterocycles. The largest absolute Gasteiger partial charge is 0.481 e. The maximum absolute atomic E-state index is 11.8. The van der Waals surface area contributed by atoms with Gasteiger partial charge in [0.2, 0.25) is 0 Å². The van der Waals surface area contributed by atoms with Crippen molar-refractivity contribution in [1.29, 1.82) is 0 Å². The summed E-state index contributed by atoms with van der Waals surface area (Å²) in [6.07, 6.45) is -2.11. The van der Waals surface area contributed by atoms with Crippen molar-refractivity contribution < 1.29 is 48.8 Å². The Bertz CT molecular complexity index is 587. The molecule has 0 saturated heterocycles. The van der Waals surface area contributed by atoms with Gasteiger partial charge in [0.1, 0.15) is 6.61 Å². The van der Waals surface area contributed by atoms with Crippen LogP contribution in [0.5, 0.6) is 0 Å². The van der Waals surface area contributed by atoms with Gasteiger partial charge >= 0.3 is 29.8 Å². The second-order valence-corrected chi connectivity index (χ2v) is 6.38. The van der Waals surface area contributed by atoms with Crippen LogP contribution in [-0.2, 0) is 33.4 Å². The van der Waals surface area contributed by atoms with E-state index in [0.29, 0.717) is 6.54 Å². The van der Waals surface area contributed by atoms with E-state index in [-0.39, 0.29) is 32.3 Å². The lowest BCUT2D eigenvalue weighted by Gasteiger charge is -2.22. The molecule has 3 N–H and O–H groups in total. The zero-order valence-corrected chi connectivity index (χ0v) is 16.7. The van der Waals surface area contributed by atoms with Crippen LogP contribution in [0.15, 0.2) is 0 Å². The minimum Gasteiger partial charge on any atom is -0.481 e. The molecule has 29 heavy (non-hydrogen) atoms. The molecule has 0 amide bonds. The van der Waals surface area contributed by atoms with Crippen LogP contribution >= 0.6 is 0 Å². The minimum atomic E-state index is -2.77. The average Bonchev–Trinajstić information content (AvgIpc) is 2.61. The molecule has 1 atom stereocenters. The van der Waals surface area contributed by atoms with Crippen molar-refractivity contribution in [3.8, 4) is 0 Å². The molecule has 11 nitrogen and oxygen atoms in total. The van der Waals surface area contributed by atoms with Crippen LogP contribution in [0.3, 0.4) is 0 Å². The average molecular weight is 419 g/mol. The molecule has 0 aromatic carbocycles. The van der Waals surface area contributed by atoms with Gasteiger partial charge in [0.05, 0.1) is 12.8 Å². The SMILES string of the molecule is CCN(CC)CCOC(=O)CC(O)(CC(=O)OC(=O)CCCCC(=O)O)C(=O)O. The zero-order chi connectivity index (χ0) is 22.4. The smallest absolute Gasteiger partial charge is 0.336 e. The molecule has 0 aliphatic rings. The number of aliphatic carboxylic acids is 2. The number of likely N-dealkylation sites (N-methyl/N-ethyl adjacent to an activating group) is 1. The van der Waals surface area contributed by atoms with Crippen molar-refractivity contribution in [2.75, 3.05) is 26.2 Å². The minimum absolute atomic E-state index is 0.00448. The number of hydrogen-bond donors (Lipinski definition) is 3. The van der Waals surface area contributed by atoms with Gasteiger partial charge in [-0.2, -0.15) is 0 Å². The van der Waals surface area contributed by atoms with E-state index in [9.17, 15) is 29.1 Å². The summed E-state index contributed by atoms with van der Waals surface area (Å²) in [5, 5.41) is 27.8. The van der Waals surface area contributed by atoms with E-state index in [0.717, 1.165) is 13.1 Å². The van der Waals surface area contributed by atoms with Crippen molar-refractivity contribution in [1.82, 2.24) is 4.90 Å². The summed E-state index contributed by atoms with van der Waals surface area (Å²) in [6, 6.07) is 0. The second kappa shape index (κ2) is 13.6. The van der Waals surface area contributed by atoms with Gasteiger partial charge in [0, 0.05) is 19.4 Å². The van der Waals surface area contributed by atoms with Crippen molar-refractivity contribution >= 4 is 29.8 Å². The summed E-state index contributed by atoms with van der Waals surface area (Å²) >= 11 is 0. The topological polar surface area (TPSA) is 168 Å². The lowest BCUT2D eigenvalue weighted by atomic mass is 9.96. The van der Waals surface area contributed by atoms with Crippen LogP contribution in [0.2, 0.25) is 0 Å². The van der Waals surface area contributed by atoms with Crippen molar-refractivity contribution in [2.45, 2.75) is 58.0 Å². The molecule has 0 aromatic rings. The molecular weight excluding hydrogens is 390 g/mol. The number of carboxylic acid groups (broad SMARTS) is 2. The van der Waals surface area contributed by atoms with Crippen LogP contribution in [-0.4, -0.2) is 81.9 Å². The standard InChI is InChI=1S/C18H29NO10/c1-3-19(4-2)9-10-28-15(23)11-18(27,17(25)26)12-16(24)29-14(22)8-6-5-7-13(20)21/h27H,3-12H2,1-2H3,(H,20,21)(H,25,26). The molecular formula is C18H29NO10. The Labute approximate surface area is 168 Å². The van der Waals surface area contributed by atoms with Gasteiger partial charge in [-0.3, -0.25) is 19.2 Å². The van der Waals surface area contributed by atoms with Gasteiger partial charge in [0.15, 0.2) is 5.60 Å². The third kappa shape index (κ3) is 11.8. The molecule has 0 radical (unpaired) electrons. The number of unbranched alkanes of at least 4 members (excludes halogenated alkanes) is 1. The number of rotatable bonds is 15. The maximum Gasteiger partial charge on any atom is 0.336 e. The molecule has 1 unspecified atom stereocenters. The van der Waals surface area contributed by atoms with Gasteiger partial charge in [-0.05, 0) is 25.9 Å². The number of hydrogen-bond acceptors (Lipinski definition) is 9. The lowest BCUT2D eigenvalue weighted by Crippen LogP contribution is -2.44. The Morgan fingerprint density at radius 2 is 1.41 bits per heavy atom. The van der Waals surface area contributed by atoms with Gasteiger partial charge in [-0.25, -0.2) is 4.79 Å².